The maximum Gasteiger partial charge on any atom is 0.431 e. The summed E-state index contributed by atoms with van der Waals surface area (Å²) >= 11 is 5.90. The minimum atomic E-state index is -4.74. The lowest BCUT2D eigenvalue weighted by Crippen LogP contribution is -2.39. The molecule has 1 aromatic heterocycles. The quantitative estimate of drug-likeness (QED) is 0.311. The van der Waals surface area contributed by atoms with E-state index in [1.165, 1.54) is 36.4 Å². The summed E-state index contributed by atoms with van der Waals surface area (Å²) in [7, 11) is 0. The van der Waals surface area contributed by atoms with Crippen molar-refractivity contribution < 1.29 is 27.5 Å². The third-order valence-electron chi connectivity index (χ3n) is 7.03. The highest BCUT2D eigenvalue weighted by molar-refractivity contribution is 6.30. The number of alkyl halides is 3. The fraction of sp³-hybridized carbons (Fsp3) is 0.321. The molecule has 0 saturated heterocycles. The molecule has 2 N–H and O–H groups in total. The summed E-state index contributed by atoms with van der Waals surface area (Å²) in [6.07, 6.45) is -0.685. The molecule has 0 radical (unpaired) electrons. The second kappa shape index (κ2) is 10.6. The van der Waals surface area contributed by atoms with E-state index in [1.807, 2.05) is 0 Å². The lowest BCUT2D eigenvalue weighted by molar-refractivity contribution is -0.117. The van der Waals surface area contributed by atoms with E-state index in [0.717, 1.165) is 30.3 Å². The summed E-state index contributed by atoms with van der Waals surface area (Å²) in [5.41, 5.74) is -2.04. The van der Waals surface area contributed by atoms with E-state index in [2.05, 4.69) is 15.4 Å². The van der Waals surface area contributed by atoms with E-state index in [1.54, 1.807) is 24.4 Å². The number of hydrogen-bond donors (Lipinski definition) is 2. The molecule has 0 bridgehead atoms. The second-order valence-corrected chi connectivity index (χ2v) is 10.3. The molecule has 3 aromatic rings. The van der Waals surface area contributed by atoms with Crippen LogP contribution in [0.25, 0.3) is 0 Å². The zero-order valence-corrected chi connectivity index (χ0v) is 21.4. The van der Waals surface area contributed by atoms with Gasteiger partial charge in [0.2, 0.25) is 5.91 Å². The highest BCUT2D eigenvalue weighted by Crippen LogP contribution is 2.41. The number of aliphatic hydroxyl groups is 1. The van der Waals surface area contributed by atoms with Crippen molar-refractivity contribution >= 4 is 34.6 Å². The van der Waals surface area contributed by atoms with Crippen LogP contribution in [0.15, 0.2) is 72.0 Å². The summed E-state index contributed by atoms with van der Waals surface area (Å²) in [6.45, 7) is 0. The Labute approximate surface area is 227 Å². The van der Waals surface area contributed by atoms with Gasteiger partial charge in [0.25, 0.3) is 0 Å². The number of pyridine rings is 1. The predicted octanol–water partition coefficient (Wildman–Crippen LogP) is 6.44. The summed E-state index contributed by atoms with van der Waals surface area (Å²) in [5.74, 6) is -1.18. The van der Waals surface area contributed by atoms with Crippen molar-refractivity contribution in [1.29, 1.82) is 0 Å². The number of hydrogen-bond acceptors (Lipinski definition) is 5. The van der Waals surface area contributed by atoms with Crippen LogP contribution in [0.3, 0.4) is 0 Å². The predicted molar refractivity (Wildman–Crippen MR) is 140 cm³/mol. The summed E-state index contributed by atoms with van der Waals surface area (Å²) < 4.78 is 55.5. The van der Waals surface area contributed by atoms with Gasteiger partial charge in [-0.15, -0.1) is 0 Å². The van der Waals surface area contributed by atoms with Crippen LogP contribution in [0.4, 0.5) is 28.9 Å². The minimum absolute atomic E-state index is 0.220. The van der Waals surface area contributed by atoms with Gasteiger partial charge in [-0.25, -0.2) is 4.39 Å². The minimum Gasteiger partial charge on any atom is -0.379 e. The van der Waals surface area contributed by atoms with Gasteiger partial charge < -0.3 is 10.4 Å². The van der Waals surface area contributed by atoms with Gasteiger partial charge in [0.15, 0.2) is 0 Å². The van der Waals surface area contributed by atoms with Crippen molar-refractivity contribution in [2.45, 2.75) is 49.9 Å². The standard InChI is InChI=1S/C28H25ClF4N4O2/c29-19-7-9-20(10-8-19)37-23(16-25(36-37)28(31,32)33)26(38)35-22-15-18(6-11-21(22)30)27(39,13-12-17-4-5-17)24-3-1-2-14-34-24/h1-3,6-11,14-15,17,23,39H,4-5,12-13,16H2,(H,35,38). The van der Waals surface area contributed by atoms with Crippen LogP contribution in [0.2, 0.25) is 5.02 Å². The van der Waals surface area contributed by atoms with Crippen molar-refractivity contribution in [3.05, 3.63) is 89.0 Å². The Morgan fingerprint density at radius 3 is 2.49 bits per heavy atom. The molecule has 2 aliphatic rings. The van der Waals surface area contributed by atoms with Gasteiger partial charge in [0.1, 0.15) is 23.2 Å². The molecule has 11 heteroatoms. The first kappa shape index (κ1) is 27.1. The molecule has 1 aliphatic carbocycles. The number of anilines is 2. The molecule has 1 amide bonds. The van der Waals surface area contributed by atoms with Gasteiger partial charge in [-0.2, -0.15) is 18.3 Å². The van der Waals surface area contributed by atoms with Gasteiger partial charge in [-0.3, -0.25) is 14.8 Å². The van der Waals surface area contributed by atoms with Crippen LogP contribution >= 0.6 is 11.6 Å². The zero-order chi connectivity index (χ0) is 27.8. The number of halogens is 5. The molecule has 2 unspecified atom stereocenters. The van der Waals surface area contributed by atoms with Crippen molar-refractivity contribution in [2.24, 2.45) is 11.0 Å². The lowest BCUT2D eigenvalue weighted by Gasteiger charge is -2.29. The Balaban J connectivity index is 1.44. The van der Waals surface area contributed by atoms with Crippen LogP contribution in [0.5, 0.6) is 0 Å². The monoisotopic (exact) mass is 560 g/mol. The number of carbonyl (C=O) groups is 1. The number of carbonyl (C=O) groups excluding carboxylic acids is 1. The first-order valence-corrected chi connectivity index (χ1v) is 12.9. The van der Waals surface area contributed by atoms with Gasteiger partial charge in [0.05, 0.1) is 17.1 Å². The van der Waals surface area contributed by atoms with E-state index < -0.39 is 41.7 Å². The van der Waals surface area contributed by atoms with E-state index in [4.69, 9.17) is 11.6 Å². The van der Waals surface area contributed by atoms with Crippen LogP contribution in [0.1, 0.15) is 43.4 Å². The highest BCUT2D eigenvalue weighted by atomic mass is 35.5. The SMILES string of the molecule is O=C(Nc1cc(C(O)(CCC2CC2)c2ccccn2)ccc1F)C1CC(C(F)(F)F)=NN1c1ccc(Cl)cc1. The highest BCUT2D eigenvalue weighted by Gasteiger charge is 2.46. The molecule has 2 atom stereocenters. The Hall–Kier alpha value is -3.50. The molecule has 2 heterocycles. The smallest absolute Gasteiger partial charge is 0.379 e. The number of aromatic nitrogens is 1. The number of nitrogens with one attached hydrogen (secondary N) is 1. The number of nitrogens with zero attached hydrogens (tertiary/aromatic N) is 3. The average molecular weight is 561 g/mol. The van der Waals surface area contributed by atoms with Gasteiger partial charge in [-0.1, -0.05) is 36.6 Å². The molecule has 204 valence electrons. The number of hydrazone groups is 1. The molecule has 1 fully saturated rings. The first-order valence-electron chi connectivity index (χ1n) is 12.5. The fourth-order valence-corrected chi connectivity index (χ4v) is 4.79. The number of benzene rings is 2. The topological polar surface area (TPSA) is 77.8 Å². The van der Waals surface area contributed by atoms with Crippen molar-refractivity contribution in [3.8, 4) is 0 Å². The Morgan fingerprint density at radius 1 is 1.10 bits per heavy atom. The fourth-order valence-electron chi connectivity index (χ4n) is 4.66. The Morgan fingerprint density at radius 2 is 1.85 bits per heavy atom. The van der Waals surface area contributed by atoms with Gasteiger partial charge in [0, 0.05) is 17.6 Å². The van der Waals surface area contributed by atoms with E-state index in [-0.39, 0.29) is 11.4 Å². The average Bonchev–Trinajstić information content (AvgIpc) is 3.63. The van der Waals surface area contributed by atoms with E-state index in [0.29, 0.717) is 28.6 Å². The normalized spacial score (nSPS) is 19.0. The maximum atomic E-state index is 14.9. The van der Waals surface area contributed by atoms with Gasteiger partial charge in [-0.05, 0) is 72.9 Å². The van der Waals surface area contributed by atoms with Crippen LogP contribution in [-0.4, -0.2) is 33.9 Å². The Kier molecular flexibility index (Phi) is 7.35. The lowest BCUT2D eigenvalue weighted by atomic mass is 9.84. The van der Waals surface area contributed by atoms with Crippen molar-refractivity contribution in [3.63, 3.8) is 0 Å². The molecule has 5 rings (SSSR count). The van der Waals surface area contributed by atoms with E-state index in [9.17, 15) is 27.5 Å². The summed E-state index contributed by atoms with van der Waals surface area (Å²) in [4.78, 5) is 17.6. The van der Waals surface area contributed by atoms with Crippen LogP contribution in [0, 0.1) is 11.7 Å². The summed E-state index contributed by atoms with van der Waals surface area (Å²) in [6, 6.07) is 13.4. The Bertz CT molecular complexity index is 1380. The first-order chi connectivity index (χ1) is 18.5. The molecule has 6 nitrogen and oxygen atoms in total. The second-order valence-electron chi connectivity index (χ2n) is 9.83. The molecule has 39 heavy (non-hydrogen) atoms. The molecular weight excluding hydrogens is 536 g/mol. The molecule has 1 saturated carbocycles. The molecule has 2 aromatic carbocycles. The number of amides is 1. The maximum absolute atomic E-state index is 14.9. The van der Waals surface area contributed by atoms with E-state index >= 15 is 0 Å². The molecular formula is C28H25ClF4N4O2. The third kappa shape index (κ3) is 5.91. The number of rotatable bonds is 8. The third-order valence-corrected chi connectivity index (χ3v) is 7.29. The molecule has 1 aliphatic heterocycles. The zero-order valence-electron chi connectivity index (χ0n) is 20.6. The van der Waals surface area contributed by atoms with Gasteiger partial charge >= 0.3 is 6.18 Å². The molecule has 0 spiro atoms. The van der Waals surface area contributed by atoms with Crippen LogP contribution < -0.4 is 10.3 Å². The largest absolute Gasteiger partial charge is 0.431 e. The summed E-state index contributed by atoms with van der Waals surface area (Å²) in [5, 5.41) is 19.2. The van der Waals surface area contributed by atoms with Crippen molar-refractivity contribution in [1.82, 2.24) is 4.98 Å². The van der Waals surface area contributed by atoms with Crippen molar-refractivity contribution in [2.75, 3.05) is 10.3 Å². The van der Waals surface area contributed by atoms with Crippen LogP contribution in [-0.2, 0) is 10.4 Å².